The number of benzene rings is 2. The van der Waals surface area contributed by atoms with Crippen LogP contribution in [0, 0.1) is 0 Å². The van der Waals surface area contributed by atoms with Crippen LogP contribution in [0.5, 0.6) is 0 Å². The van der Waals surface area contributed by atoms with Gasteiger partial charge in [0.1, 0.15) is 5.76 Å². The Morgan fingerprint density at radius 3 is 2.54 bits per heavy atom. The third-order valence-electron chi connectivity index (χ3n) is 4.25. The molecule has 0 spiro atoms. The number of sulfonamides is 1. The fourth-order valence-corrected chi connectivity index (χ4v) is 3.81. The molecule has 3 aromatic rings. The van der Waals surface area contributed by atoms with E-state index in [1.165, 1.54) is 18.4 Å². The second kappa shape index (κ2) is 8.41. The van der Waals surface area contributed by atoms with E-state index in [9.17, 15) is 13.2 Å². The topological polar surface area (TPSA) is 88.4 Å². The maximum absolute atomic E-state index is 12.7. The van der Waals surface area contributed by atoms with Crippen LogP contribution in [0.15, 0.2) is 76.2 Å². The number of hydrogen-bond donors (Lipinski definition) is 2. The maximum Gasteiger partial charge on any atom is 0.255 e. The summed E-state index contributed by atoms with van der Waals surface area (Å²) in [7, 11) is -3.78. The lowest BCUT2D eigenvalue weighted by Crippen LogP contribution is -2.23. The molecule has 0 unspecified atom stereocenters. The molecule has 0 aliphatic carbocycles. The molecule has 0 saturated carbocycles. The van der Waals surface area contributed by atoms with Gasteiger partial charge in [-0.1, -0.05) is 38.1 Å². The molecular weight excluding hydrogens is 376 g/mol. The molecule has 0 radical (unpaired) electrons. The summed E-state index contributed by atoms with van der Waals surface area (Å²) in [6, 6.07) is 16.9. The van der Waals surface area contributed by atoms with Crippen LogP contribution >= 0.6 is 0 Å². The van der Waals surface area contributed by atoms with Crippen LogP contribution in [-0.4, -0.2) is 14.3 Å². The first-order valence-corrected chi connectivity index (χ1v) is 10.4. The molecule has 3 rings (SSSR count). The Morgan fingerprint density at radius 2 is 1.82 bits per heavy atom. The molecule has 0 fully saturated rings. The Morgan fingerprint density at radius 1 is 1.04 bits per heavy atom. The van der Waals surface area contributed by atoms with Crippen LogP contribution < -0.4 is 10.0 Å². The molecule has 0 aliphatic heterocycles. The zero-order chi connectivity index (χ0) is 20.1. The van der Waals surface area contributed by atoms with Crippen molar-refractivity contribution in [2.75, 3.05) is 5.32 Å². The van der Waals surface area contributed by atoms with E-state index < -0.39 is 10.0 Å². The Kier molecular flexibility index (Phi) is 5.96. The van der Waals surface area contributed by atoms with Crippen LogP contribution in [0.3, 0.4) is 0 Å². The van der Waals surface area contributed by atoms with Gasteiger partial charge in [-0.05, 0) is 47.9 Å². The normalized spacial score (nSPS) is 11.5. The molecule has 28 heavy (non-hydrogen) atoms. The fraction of sp³-hybridized carbons (Fsp3) is 0.190. The number of hydrogen-bond acceptors (Lipinski definition) is 4. The maximum atomic E-state index is 12.7. The van der Waals surface area contributed by atoms with Gasteiger partial charge in [0.05, 0.1) is 17.7 Å². The van der Waals surface area contributed by atoms with Crippen LogP contribution in [-0.2, 0) is 16.6 Å². The molecule has 1 heterocycles. The first kappa shape index (κ1) is 19.9. The Balaban J connectivity index is 1.78. The summed E-state index contributed by atoms with van der Waals surface area (Å²) in [5.74, 6) is 0.382. The van der Waals surface area contributed by atoms with Gasteiger partial charge in [-0.15, -0.1) is 0 Å². The number of para-hydroxylation sites is 1. The Bertz CT molecular complexity index is 1060. The fourth-order valence-electron chi connectivity index (χ4n) is 2.78. The minimum atomic E-state index is -3.78. The number of amides is 1. The van der Waals surface area contributed by atoms with Crippen molar-refractivity contribution in [3.8, 4) is 0 Å². The Hall–Kier alpha value is -2.90. The average molecular weight is 398 g/mol. The second-order valence-corrected chi connectivity index (χ2v) is 8.39. The molecule has 1 aromatic heterocycles. The van der Waals surface area contributed by atoms with Gasteiger partial charge >= 0.3 is 0 Å². The minimum absolute atomic E-state index is 0.0175. The zero-order valence-corrected chi connectivity index (χ0v) is 16.5. The van der Waals surface area contributed by atoms with E-state index >= 15 is 0 Å². The van der Waals surface area contributed by atoms with Gasteiger partial charge in [0.25, 0.3) is 5.91 Å². The largest absolute Gasteiger partial charge is 0.468 e. The monoisotopic (exact) mass is 398 g/mol. The van der Waals surface area contributed by atoms with E-state index in [0.29, 0.717) is 11.4 Å². The van der Waals surface area contributed by atoms with E-state index in [4.69, 9.17) is 4.42 Å². The number of rotatable bonds is 7. The van der Waals surface area contributed by atoms with E-state index in [2.05, 4.69) is 10.0 Å². The predicted molar refractivity (Wildman–Crippen MR) is 108 cm³/mol. The molecule has 1 amide bonds. The van der Waals surface area contributed by atoms with Gasteiger partial charge in [-0.25, -0.2) is 13.1 Å². The highest BCUT2D eigenvalue weighted by Crippen LogP contribution is 2.24. The van der Waals surface area contributed by atoms with Gasteiger partial charge < -0.3 is 9.73 Å². The molecule has 7 heteroatoms. The molecule has 2 aromatic carbocycles. The van der Waals surface area contributed by atoms with Crippen molar-refractivity contribution in [3.05, 3.63) is 83.8 Å². The van der Waals surface area contributed by atoms with Gasteiger partial charge in [-0.3, -0.25) is 4.79 Å². The van der Waals surface area contributed by atoms with E-state index in [0.717, 1.165) is 5.56 Å². The number of anilines is 1. The summed E-state index contributed by atoms with van der Waals surface area (Å²) in [6.07, 6.45) is 1.48. The second-order valence-electron chi connectivity index (χ2n) is 6.63. The average Bonchev–Trinajstić information content (AvgIpc) is 3.20. The number of carbonyl (C=O) groups excluding carboxylic acids is 1. The lowest BCUT2D eigenvalue weighted by Gasteiger charge is -2.14. The Labute approximate surface area is 164 Å². The summed E-state index contributed by atoms with van der Waals surface area (Å²) in [6.45, 7) is 4.12. The molecule has 0 saturated heterocycles. The molecular formula is C21H22N2O4S. The van der Waals surface area contributed by atoms with Gasteiger partial charge in [0.2, 0.25) is 10.0 Å². The van der Waals surface area contributed by atoms with E-state index in [1.807, 2.05) is 38.1 Å². The van der Waals surface area contributed by atoms with Crippen molar-refractivity contribution < 1.29 is 17.6 Å². The van der Waals surface area contributed by atoms with Crippen molar-refractivity contribution in [2.45, 2.75) is 31.2 Å². The number of nitrogens with one attached hydrogen (secondary N) is 2. The zero-order valence-electron chi connectivity index (χ0n) is 15.7. The SMILES string of the molecule is CC(C)c1ccccc1NC(=O)c1cccc(S(=O)(=O)NCc2ccco2)c1. The lowest BCUT2D eigenvalue weighted by atomic mass is 10.0. The first-order chi connectivity index (χ1) is 13.4. The predicted octanol–water partition coefficient (Wildman–Crippen LogP) is 4.13. The highest BCUT2D eigenvalue weighted by molar-refractivity contribution is 7.89. The number of carbonyl (C=O) groups is 1. The van der Waals surface area contributed by atoms with Gasteiger partial charge in [0, 0.05) is 11.3 Å². The summed E-state index contributed by atoms with van der Waals surface area (Å²) in [4.78, 5) is 12.7. The van der Waals surface area contributed by atoms with Gasteiger partial charge in [-0.2, -0.15) is 0 Å². The van der Waals surface area contributed by atoms with Gasteiger partial charge in [0.15, 0.2) is 0 Å². The summed E-state index contributed by atoms with van der Waals surface area (Å²) < 4.78 is 32.6. The van der Waals surface area contributed by atoms with Crippen molar-refractivity contribution in [1.82, 2.24) is 4.72 Å². The van der Waals surface area contributed by atoms with Crippen molar-refractivity contribution in [2.24, 2.45) is 0 Å². The highest BCUT2D eigenvalue weighted by Gasteiger charge is 2.17. The minimum Gasteiger partial charge on any atom is -0.468 e. The molecule has 6 nitrogen and oxygen atoms in total. The molecule has 0 atom stereocenters. The van der Waals surface area contributed by atoms with E-state index in [-0.39, 0.29) is 28.8 Å². The smallest absolute Gasteiger partial charge is 0.255 e. The quantitative estimate of drug-likeness (QED) is 0.626. The molecule has 0 bridgehead atoms. The van der Waals surface area contributed by atoms with Crippen molar-refractivity contribution in [3.63, 3.8) is 0 Å². The van der Waals surface area contributed by atoms with Crippen LogP contribution in [0.2, 0.25) is 0 Å². The molecule has 146 valence electrons. The number of furan rings is 1. The third-order valence-corrected chi connectivity index (χ3v) is 5.65. The molecule has 0 aliphatic rings. The van der Waals surface area contributed by atoms with Crippen molar-refractivity contribution in [1.29, 1.82) is 0 Å². The van der Waals surface area contributed by atoms with E-state index in [1.54, 1.807) is 24.3 Å². The molecule has 2 N–H and O–H groups in total. The first-order valence-electron chi connectivity index (χ1n) is 8.89. The highest BCUT2D eigenvalue weighted by atomic mass is 32.2. The van der Waals surface area contributed by atoms with Crippen LogP contribution in [0.1, 0.15) is 41.4 Å². The van der Waals surface area contributed by atoms with Crippen molar-refractivity contribution >= 4 is 21.6 Å². The summed E-state index contributed by atoms with van der Waals surface area (Å²) in [5.41, 5.74) is 1.99. The lowest BCUT2D eigenvalue weighted by molar-refractivity contribution is 0.102. The summed E-state index contributed by atoms with van der Waals surface area (Å²) in [5, 5.41) is 2.87. The van der Waals surface area contributed by atoms with Crippen LogP contribution in [0.25, 0.3) is 0 Å². The van der Waals surface area contributed by atoms with Crippen LogP contribution in [0.4, 0.5) is 5.69 Å². The standard InChI is InChI=1S/C21H22N2O4S/c1-15(2)19-10-3-4-11-20(19)23-21(24)16-7-5-9-18(13-16)28(25,26)22-14-17-8-6-12-27-17/h3-13,15,22H,14H2,1-2H3,(H,23,24). The third kappa shape index (κ3) is 4.68. The summed E-state index contributed by atoms with van der Waals surface area (Å²) >= 11 is 0.